The van der Waals surface area contributed by atoms with Crippen molar-refractivity contribution in [3.8, 4) is 5.75 Å². The molecule has 0 aliphatic rings. The van der Waals surface area contributed by atoms with Crippen LogP contribution in [0, 0.1) is 5.82 Å². The summed E-state index contributed by atoms with van der Waals surface area (Å²) in [6, 6.07) is 7.68. The van der Waals surface area contributed by atoms with E-state index in [2.05, 4.69) is 4.72 Å². The van der Waals surface area contributed by atoms with E-state index >= 15 is 0 Å². The third-order valence-corrected chi connectivity index (χ3v) is 3.96. The molecular weight excluding hydrogens is 301 g/mol. The van der Waals surface area contributed by atoms with Gasteiger partial charge in [0.15, 0.2) is 0 Å². The molecule has 21 heavy (non-hydrogen) atoms. The minimum Gasteiger partial charge on any atom is -0.508 e. The molecule has 0 aliphatic heterocycles. The summed E-state index contributed by atoms with van der Waals surface area (Å²) in [5.74, 6) is -2.62. The van der Waals surface area contributed by atoms with Crippen molar-refractivity contribution >= 4 is 21.7 Å². The van der Waals surface area contributed by atoms with E-state index in [1.165, 1.54) is 18.2 Å². The first kappa shape index (κ1) is 14.8. The van der Waals surface area contributed by atoms with Crippen LogP contribution in [0.25, 0.3) is 0 Å². The zero-order chi connectivity index (χ0) is 15.6. The van der Waals surface area contributed by atoms with E-state index in [-0.39, 0.29) is 17.0 Å². The van der Waals surface area contributed by atoms with Gasteiger partial charge in [0.25, 0.3) is 10.0 Å². The van der Waals surface area contributed by atoms with E-state index in [1.54, 1.807) is 0 Å². The number of benzene rings is 2. The second kappa shape index (κ2) is 5.41. The van der Waals surface area contributed by atoms with Gasteiger partial charge in [0.1, 0.15) is 16.5 Å². The molecule has 0 unspecified atom stereocenters. The summed E-state index contributed by atoms with van der Waals surface area (Å²) in [5.41, 5.74) is -0.331. The van der Waals surface area contributed by atoms with Crippen LogP contribution in [0.4, 0.5) is 10.1 Å². The molecule has 0 saturated heterocycles. The molecule has 110 valence electrons. The van der Waals surface area contributed by atoms with Gasteiger partial charge in [0.2, 0.25) is 0 Å². The van der Waals surface area contributed by atoms with Gasteiger partial charge in [-0.1, -0.05) is 6.07 Å². The molecule has 0 radical (unpaired) electrons. The molecule has 0 atom stereocenters. The summed E-state index contributed by atoms with van der Waals surface area (Å²) in [4.78, 5) is 10.0. The molecule has 8 heteroatoms. The van der Waals surface area contributed by atoms with Gasteiger partial charge in [-0.25, -0.2) is 17.6 Å². The van der Waals surface area contributed by atoms with Crippen molar-refractivity contribution in [1.82, 2.24) is 0 Å². The number of aromatic carboxylic acids is 1. The molecule has 3 N–H and O–H groups in total. The third-order valence-electron chi connectivity index (χ3n) is 2.57. The lowest BCUT2D eigenvalue weighted by Crippen LogP contribution is -2.15. The van der Waals surface area contributed by atoms with Gasteiger partial charge in [-0.05, 0) is 30.3 Å². The summed E-state index contributed by atoms with van der Waals surface area (Å²) >= 11 is 0. The van der Waals surface area contributed by atoms with Crippen LogP contribution >= 0.6 is 0 Å². The second-order valence-corrected chi connectivity index (χ2v) is 5.76. The van der Waals surface area contributed by atoms with Crippen LogP contribution in [0.5, 0.6) is 5.75 Å². The standard InChI is InChI=1S/C13H10FNO5S/c14-11-5-4-8(13(17)18)6-12(11)21(19,20)15-9-2-1-3-10(16)7-9/h1-7,15-16H,(H,17,18). The topological polar surface area (TPSA) is 104 Å². The van der Waals surface area contributed by atoms with Crippen molar-refractivity contribution in [2.75, 3.05) is 4.72 Å². The molecule has 0 aliphatic carbocycles. The zero-order valence-corrected chi connectivity index (χ0v) is 11.3. The third kappa shape index (κ3) is 3.29. The van der Waals surface area contributed by atoms with Crippen molar-refractivity contribution in [2.24, 2.45) is 0 Å². The number of anilines is 1. The number of hydrogen-bond donors (Lipinski definition) is 3. The van der Waals surface area contributed by atoms with Crippen molar-refractivity contribution in [3.05, 3.63) is 53.8 Å². The highest BCUT2D eigenvalue weighted by atomic mass is 32.2. The number of rotatable bonds is 4. The summed E-state index contributed by atoms with van der Waals surface area (Å²) in [6.07, 6.45) is 0. The quantitative estimate of drug-likeness (QED) is 0.801. The first-order chi connectivity index (χ1) is 9.79. The fraction of sp³-hybridized carbons (Fsp3) is 0. The number of nitrogens with one attached hydrogen (secondary N) is 1. The summed E-state index contributed by atoms with van der Waals surface area (Å²) < 4.78 is 39.9. The van der Waals surface area contributed by atoms with Gasteiger partial charge < -0.3 is 10.2 Å². The number of carboxylic acid groups (broad SMARTS) is 1. The van der Waals surface area contributed by atoms with Crippen LogP contribution in [0.1, 0.15) is 10.4 Å². The molecule has 2 aromatic carbocycles. The number of hydrogen-bond acceptors (Lipinski definition) is 4. The molecule has 2 aromatic rings. The molecule has 0 amide bonds. The Labute approximate surface area is 119 Å². The largest absolute Gasteiger partial charge is 0.508 e. The fourth-order valence-corrected chi connectivity index (χ4v) is 2.78. The average Bonchev–Trinajstić information content (AvgIpc) is 2.38. The monoisotopic (exact) mass is 311 g/mol. The predicted molar refractivity (Wildman–Crippen MR) is 72.3 cm³/mol. The number of sulfonamides is 1. The highest BCUT2D eigenvalue weighted by Gasteiger charge is 2.21. The van der Waals surface area contributed by atoms with Crippen molar-refractivity contribution in [1.29, 1.82) is 0 Å². The van der Waals surface area contributed by atoms with Crippen molar-refractivity contribution in [3.63, 3.8) is 0 Å². The molecule has 2 rings (SSSR count). The summed E-state index contributed by atoms with van der Waals surface area (Å²) in [5, 5.41) is 18.1. The normalized spacial score (nSPS) is 11.1. The Balaban J connectivity index is 2.44. The van der Waals surface area contributed by atoms with Gasteiger partial charge in [0.05, 0.1) is 11.3 Å². The van der Waals surface area contributed by atoms with E-state index < -0.39 is 26.7 Å². The minimum atomic E-state index is -4.32. The average molecular weight is 311 g/mol. The van der Waals surface area contributed by atoms with Crippen LogP contribution in [0.15, 0.2) is 47.4 Å². The Kier molecular flexibility index (Phi) is 3.81. The molecule has 0 heterocycles. The molecular formula is C13H10FNO5S. The fourth-order valence-electron chi connectivity index (χ4n) is 1.62. The Hall–Kier alpha value is -2.61. The summed E-state index contributed by atoms with van der Waals surface area (Å²) in [6.45, 7) is 0. The van der Waals surface area contributed by atoms with Gasteiger partial charge >= 0.3 is 5.97 Å². The Morgan fingerprint density at radius 3 is 2.48 bits per heavy atom. The van der Waals surface area contributed by atoms with Crippen molar-refractivity contribution < 1.29 is 27.8 Å². The van der Waals surface area contributed by atoms with E-state index in [1.807, 2.05) is 0 Å². The van der Waals surface area contributed by atoms with Gasteiger partial charge in [-0.2, -0.15) is 0 Å². The van der Waals surface area contributed by atoms with Gasteiger partial charge in [-0.3, -0.25) is 4.72 Å². The van der Waals surface area contributed by atoms with E-state index in [9.17, 15) is 22.7 Å². The molecule has 0 aromatic heterocycles. The zero-order valence-electron chi connectivity index (χ0n) is 10.4. The lowest BCUT2D eigenvalue weighted by molar-refractivity contribution is 0.0696. The van der Waals surface area contributed by atoms with Crippen LogP contribution in [-0.4, -0.2) is 24.6 Å². The molecule has 0 bridgehead atoms. The molecule has 0 saturated carbocycles. The first-order valence-corrected chi connectivity index (χ1v) is 7.12. The number of aromatic hydroxyl groups is 1. The number of halogens is 1. The number of phenols is 1. The number of phenolic OH excluding ortho intramolecular Hbond substituents is 1. The lowest BCUT2D eigenvalue weighted by atomic mass is 10.2. The smallest absolute Gasteiger partial charge is 0.335 e. The van der Waals surface area contributed by atoms with Crippen LogP contribution in [-0.2, 0) is 10.0 Å². The Morgan fingerprint density at radius 1 is 1.14 bits per heavy atom. The molecule has 0 spiro atoms. The predicted octanol–water partition coefficient (Wildman–Crippen LogP) is 2.03. The maximum Gasteiger partial charge on any atom is 0.335 e. The van der Waals surface area contributed by atoms with Crippen LogP contribution < -0.4 is 4.72 Å². The first-order valence-electron chi connectivity index (χ1n) is 5.64. The second-order valence-electron chi connectivity index (χ2n) is 4.11. The van der Waals surface area contributed by atoms with Gasteiger partial charge in [0, 0.05) is 6.07 Å². The Morgan fingerprint density at radius 2 is 1.86 bits per heavy atom. The van der Waals surface area contributed by atoms with E-state index in [4.69, 9.17) is 5.11 Å². The molecule has 6 nitrogen and oxygen atoms in total. The molecule has 0 fully saturated rings. The Bertz CT molecular complexity index is 804. The maximum absolute atomic E-state index is 13.6. The maximum atomic E-state index is 13.6. The number of carboxylic acids is 1. The van der Waals surface area contributed by atoms with Crippen LogP contribution in [0.3, 0.4) is 0 Å². The highest BCUT2D eigenvalue weighted by molar-refractivity contribution is 7.92. The van der Waals surface area contributed by atoms with E-state index in [0.717, 1.165) is 24.3 Å². The van der Waals surface area contributed by atoms with Gasteiger partial charge in [-0.15, -0.1) is 0 Å². The van der Waals surface area contributed by atoms with Crippen LogP contribution in [0.2, 0.25) is 0 Å². The number of carbonyl (C=O) groups is 1. The summed E-state index contributed by atoms with van der Waals surface area (Å²) in [7, 11) is -4.32. The SMILES string of the molecule is O=C(O)c1ccc(F)c(S(=O)(=O)Nc2cccc(O)c2)c1. The van der Waals surface area contributed by atoms with E-state index in [0.29, 0.717) is 0 Å². The minimum absolute atomic E-state index is 0.0233. The highest BCUT2D eigenvalue weighted by Crippen LogP contribution is 2.22. The lowest BCUT2D eigenvalue weighted by Gasteiger charge is -2.09. The van der Waals surface area contributed by atoms with Crippen molar-refractivity contribution in [2.45, 2.75) is 4.90 Å².